The molecule has 1 aromatic rings. The Balaban J connectivity index is 2.97. The molecular formula is C16H26N2O2. The molecule has 4 heteroatoms. The molecule has 0 fully saturated rings. The maximum atomic E-state index is 11.5. The van der Waals surface area contributed by atoms with E-state index in [1.54, 1.807) is 12.1 Å². The number of aryl methyl sites for hydroxylation is 1. The second-order valence-corrected chi connectivity index (χ2v) is 5.07. The summed E-state index contributed by atoms with van der Waals surface area (Å²) in [7, 11) is 0. The Morgan fingerprint density at radius 1 is 1.25 bits per heavy atom. The molecule has 0 aliphatic heterocycles. The average molecular weight is 278 g/mol. The summed E-state index contributed by atoms with van der Waals surface area (Å²) in [6.07, 6.45) is 4.26. The number of nitrogens with two attached hydrogens (primary N) is 2. The Labute approximate surface area is 121 Å². The van der Waals surface area contributed by atoms with Gasteiger partial charge in [0, 0.05) is 11.8 Å². The largest absolute Gasteiger partial charge is 0.493 e. The monoisotopic (exact) mass is 278 g/mol. The van der Waals surface area contributed by atoms with Crippen molar-refractivity contribution in [1.29, 1.82) is 0 Å². The SMILES string of the molecule is CCOc1cc(N)c(CCC(CC)CC)cc1C(N)=O. The summed E-state index contributed by atoms with van der Waals surface area (Å²) < 4.78 is 5.42. The van der Waals surface area contributed by atoms with E-state index in [2.05, 4.69) is 13.8 Å². The number of nitrogen functional groups attached to an aromatic ring is 1. The highest BCUT2D eigenvalue weighted by molar-refractivity contribution is 5.96. The molecule has 0 unspecified atom stereocenters. The molecule has 0 saturated carbocycles. The van der Waals surface area contributed by atoms with Gasteiger partial charge in [-0.05, 0) is 37.3 Å². The molecule has 1 amide bonds. The maximum Gasteiger partial charge on any atom is 0.252 e. The third kappa shape index (κ3) is 4.15. The van der Waals surface area contributed by atoms with Gasteiger partial charge in [-0.1, -0.05) is 26.7 Å². The van der Waals surface area contributed by atoms with E-state index in [-0.39, 0.29) is 0 Å². The molecule has 112 valence electrons. The Kier molecular flexibility index (Phi) is 6.36. The molecule has 0 radical (unpaired) electrons. The van der Waals surface area contributed by atoms with Crippen LogP contribution in [0.1, 0.15) is 56.0 Å². The minimum Gasteiger partial charge on any atom is -0.493 e. The summed E-state index contributed by atoms with van der Waals surface area (Å²) in [5.74, 6) is 0.694. The molecule has 4 nitrogen and oxygen atoms in total. The van der Waals surface area contributed by atoms with Crippen molar-refractivity contribution in [2.75, 3.05) is 12.3 Å². The van der Waals surface area contributed by atoms with Crippen LogP contribution in [0, 0.1) is 5.92 Å². The zero-order valence-electron chi connectivity index (χ0n) is 12.7. The zero-order chi connectivity index (χ0) is 15.1. The molecule has 0 heterocycles. The van der Waals surface area contributed by atoms with E-state index >= 15 is 0 Å². The Hall–Kier alpha value is -1.71. The van der Waals surface area contributed by atoms with E-state index in [1.807, 2.05) is 6.92 Å². The summed E-state index contributed by atoms with van der Waals surface area (Å²) in [6.45, 7) is 6.74. The van der Waals surface area contributed by atoms with Crippen LogP contribution in [0.3, 0.4) is 0 Å². The van der Waals surface area contributed by atoms with Crippen LogP contribution in [0.25, 0.3) is 0 Å². The number of benzene rings is 1. The molecular weight excluding hydrogens is 252 g/mol. The van der Waals surface area contributed by atoms with Crippen molar-refractivity contribution in [3.8, 4) is 5.75 Å². The number of anilines is 1. The van der Waals surface area contributed by atoms with E-state index in [4.69, 9.17) is 16.2 Å². The minimum atomic E-state index is -0.475. The maximum absolute atomic E-state index is 11.5. The van der Waals surface area contributed by atoms with Crippen LogP contribution >= 0.6 is 0 Å². The van der Waals surface area contributed by atoms with Crippen molar-refractivity contribution < 1.29 is 9.53 Å². The lowest BCUT2D eigenvalue weighted by molar-refractivity contribution is 0.0996. The van der Waals surface area contributed by atoms with Crippen molar-refractivity contribution in [3.05, 3.63) is 23.3 Å². The van der Waals surface area contributed by atoms with Gasteiger partial charge in [0.2, 0.25) is 0 Å². The van der Waals surface area contributed by atoms with E-state index in [0.29, 0.717) is 29.5 Å². The lowest BCUT2D eigenvalue weighted by Crippen LogP contribution is -2.14. The van der Waals surface area contributed by atoms with Crippen LogP contribution in [-0.2, 0) is 6.42 Å². The average Bonchev–Trinajstić information content (AvgIpc) is 2.41. The van der Waals surface area contributed by atoms with Gasteiger partial charge in [0.25, 0.3) is 5.91 Å². The van der Waals surface area contributed by atoms with Crippen LogP contribution in [0.2, 0.25) is 0 Å². The van der Waals surface area contributed by atoms with Crippen molar-refractivity contribution in [2.45, 2.75) is 46.5 Å². The quantitative estimate of drug-likeness (QED) is 0.717. The van der Waals surface area contributed by atoms with Gasteiger partial charge in [-0.3, -0.25) is 4.79 Å². The summed E-state index contributed by atoms with van der Waals surface area (Å²) in [4.78, 5) is 11.5. The molecule has 0 spiro atoms. The highest BCUT2D eigenvalue weighted by atomic mass is 16.5. The molecule has 0 aliphatic carbocycles. The van der Waals surface area contributed by atoms with Gasteiger partial charge in [-0.15, -0.1) is 0 Å². The fourth-order valence-corrected chi connectivity index (χ4v) is 2.38. The molecule has 0 aromatic heterocycles. The Bertz CT molecular complexity index is 454. The number of primary amides is 1. The van der Waals surface area contributed by atoms with Crippen molar-refractivity contribution in [1.82, 2.24) is 0 Å². The molecule has 1 rings (SSSR count). The summed E-state index contributed by atoms with van der Waals surface area (Å²) >= 11 is 0. The van der Waals surface area contributed by atoms with Crippen LogP contribution < -0.4 is 16.2 Å². The first-order valence-corrected chi connectivity index (χ1v) is 7.38. The van der Waals surface area contributed by atoms with Gasteiger partial charge >= 0.3 is 0 Å². The van der Waals surface area contributed by atoms with Crippen molar-refractivity contribution in [2.24, 2.45) is 11.7 Å². The lowest BCUT2D eigenvalue weighted by atomic mass is 9.93. The third-order valence-electron chi connectivity index (χ3n) is 3.78. The summed E-state index contributed by atoms with van der Waals surface area (Å²) in [6, 6.07) is 3.50. The van der Waals surface area contributed by atoms with Crippen LogP contribution in [0.15, 0.2) is 12.1 Å². The first-order valence-electron chi connectivity index (χ1n) is 7.38. The van der Waals surface area contributed by atoms with E-state index in [1.165, 1.54) is 0 Å². The highest BCUT2D eigenvalue weighted by Gasteiger charge is 2.14. The number of hydrogen-bond acceptors (Lipinski definition) is 3. The second kappa shape index (κ2) is 7.78. The van der Waals surface area contributed by atoms with Gasteiger partial charge in [-0.2, -0.15) is 0 Å². The van der Waals surface area contributed by atoms with Gasteiger partial charge in [0.05, 0.1) is 12.2 Å². The van der Waals surface area contributed by atoms with Gasteiger partial charge in [0.15, 0.2) is 0 Å². The highest BCUT2D eigenvalue weighted by Crippen LogP contribution is 2.28. The molecule has 0 atom stereocenters. The number of hydrogen-bond donors (Lipinski definition) is 2. The molecule has 1 aromatic carbocycles. The summed E-state index contributed by atoms with van der Waals surface area (Å²) in [5.41, 5.74) is 13.5. The Morgan fingerprint density at radius 2 is 1.90 bits per heavy atom. The van der Waals surface area contributed by atoms with E-state index in [9.17, 15) is 4.79 Å². The topological polar surface area (TPSA) is 78.3 Å². The van der Waals surface area contributed by atoms with Gasteiger partial charge in [-0.25, -0.2) is 0 Å². The van der Waals surface area contributed by atoms with Crippen molar-refractivity contribution >= 4 is 11.6 Å². The first-order chi connectivity index (χ1) is 9.53. The molecule has 0 bridgehead atoms. The lowest BCUT2D eigenvalue weighted by Gasteiger charge is -2.15. The molecule has 4 N–H and O–H groups in total. The van der Waals surface area contributed by atoms with E-state index in [0.717, 1.165) is 31.2 Å². The number of carbonyl (C=O) groups is 1. The normalized spacial score (nSPS) is 10.8. The number of ether oxygens (including phenoxy) is 1. The predicted molar refractivity (Wildman–Crippen MR) is 82.9 cm³/mol. The summed E-state index contributed by atoms with van der Waals surface area (Å²) in [5, 5.41) is 0. The molecule has 0 aliphatic rings. The fraction of sp³-hybridized carbons (Fsp3) is 0.562. The first kappa shape index (κ1) is 16.3. The fourth-order valence-electron chi connectivity index (χ4n) is 2.38. The van der Waals surface area contributed by atoms with Crippen LogP contribution in [-0.4, -0.2) is 12.5 Å². The number of amides is 1. The van der Waals surface area contributed by atoms with E-state index < -0.39 is 5.91 Å². The van der Waals surface area contributed by atoms with Crippen LogP contribution in [0.4, 0.5) is 5.69 Å². The molecule has 20 heavy (non-hydrogen) atoms. The smallest absolute Gasteiger partial charge is 0.252 e. The van der Waals surface area contributed by atoms with Gasteiger partial charge < -0.3 is 16.2 Å². The predicted octanol–water partition coefficient (Wildman–Crippen LogP) is 3.14. The third-order valence-corrected chi connectivity index (χ3v) is 3.78. The molecule has 0 saturated heterocycles. The number of carbonyl (C=O) groups excluding carboxylic acids is 1. The number of rotatable bonds is 8. The Morgan fingerprint density at radius 3 is 2.40 bits per heavy atom. The van der Waals surface area contributed by atoms with Gasteiger partial charge in [0.1, 0.15) is 5.75 Å². The van der Waals surface area contributed by atoms with Crippen LogP contribution in [0.5, 0.6) is 5.75 Å². The minimum absolute atomic E-state index is 0.417. The zero-order valence-corrected chi connectivity index (χ0v) is 12.7. The second-order valence-electron chi connectivity index (χ2n) is 5.07. The van der Waals surface area contributed by atoms with Crippen molar-refractivity contribution in [3.63, 3.8) is 0 Å². The standard InChI is InChI=1S/C16H26N2O2/c1-4-11(5-2)7-8-12-9-13(16(18)19)15(20-6-3)10-14(12)17/h9-11H,4-8,17H2,1-3H3,(H2,18,19).